The fourth-order valence-electron chi connectivity index (χ4n) is 5.08. The highest BCUT2D eigenvalue weighted by Crippen LogP contribution is 2.48. The fourth-order valence-corrected chi connectivity index (χ4v) is 5.08. The van der Waals surface area contributed by atoms with Crippen LogP contribution >= 0.6 is 0 Å². The third-order valence-electron chi connectivity index (χ3n) is 7.24. The first-order valence-electron chi connectivity index (χ1n) is 10.4. The molecule has 5 heteroatoms. The number of carbonyl (C=O) groups is 2. The molecule has 4 fully saturated rings. The summed E-state index contributed by atoms with van der Waals surface area (Å²) in [6.45, 7) is 2.44. The van der Waals surface area contributed by atoms with Gasteiger partial charge in [-0.25, -0.2) is 0 Å². The molecular formula is C22H29N3O2. The average molecular weight is 367 g/mol. The second-order valence-electron chi connectivity index (χ2n) is 9.31. The fraction of sp³-hybridized carbons (Fsp3) is 0.636. The predicted molar refractivity (Wildman–Crippen MR) is 103 cm³/mol. The summed E-state index contributed by atoms with van der Waals surface area (Å²) in [4.78, 5) is 30.0. The molecule has 2 amide bonds. The van der Waals surface area contributed by atoms with Crippen molar-refractivity contribution in [2.75, 3.05) is 19.6 Å². The van der Waals surface area contributed by atoms with Crippen LogP contribution in [0.3, 0.4) is 0 Å². The maximum Gasteiger partial charge on any atom is 0.242 e. The average Bonchev–Trinajstić information content (AvgIpc) is 3.61. The summed E-state index contributed by atoms with van der Waals surface area (Å²) in [5, 5.41) is 0. The molecule has 1 atom stereocenters. The Balaban J connectivity index is 1.36. The van der Waals surface area contributed by atoms with Gasteiger partial charge < -0.3 is 15.5 Å². The molecule has 2 N–H and O–H groups in total. The number of carbonyl (C=O) groups excluding carboxylic acids is 2. The van der Waals surface area contributed by atoms with Crippen LogP contribution in [0, 0.1) is 5.41 Å². The van der Waals surface area contributed by atoms with Crippen molar-refractivity contribution >= 4 is 11.8 Å². The number of hydrogen-bond donors (Lipinski definition) is 1. The zero-order valence-corrected chi connectivity index (χ0v) is 15.9. The van der Waals surface area contributed by atoms with E-state index in [1.807, 2.05) is 23.1 Å². The molecule has 0 bridgehead atoms. The van der Waals surface area contributed by atoms with Gasteiger partial charge in [0, 0.05) is 25.7 Å². The van der Waals surface area contributed by atoms with Crippen LogP contribution in [0.5, 0.6) is 0 Å². The largest absolute Gasteiger partial charge is 0.341 e. The Morgan fingerprint density at radius 3 is 2.30 bits per heavy atom. The van der Waals surface area contributed by atoms with Crippen molar-refractivity contribution in [1.29, 1.82) is 0 Å². The summed E-state index contributed by atoms with van der Waals surface area (Å²) < 4.78 is 0. The molecule has 2 saturated heterocycles. The Kier molecular flexibility index (Phi) is 3.87. The van der Waals surface area contributed by atoms with Gasteiger partial charge in [-0.15, -0.1) is 0 Å². The quantitative estimate of drug-likeness (QED) is 0.891. The van der Waals surface area contributed by atoms with E-state index in [2.05, 4.69) is 17.0 Å². The lowest BCUT2D eigenvalue weighted by Gasteiger charge is -2.50. The van der Waals surface area contributed by atoms with Crippen molar-refractivity contribution in [2.45, 2.75) is 62.4 Å². The Labute approximate surface area is 160 Å². The van der Waals surface area contributed by atoms with E-state index in [-0.39, 0.29) is 17.2 Å². The van der Waals surface area contributed by atoms with Gasteiger partial charge in [-0.3, -0.25) is 9.59 Å². The molecular weight excluding hydrogens is 338 g/mol. The van der Waals surface area contributed by atoms with Gasteiger partial charge in [0.15, 0.2) is 0 Å². The molecule has 5 rings (SSSR count). The van der Waals surface area contributed by atoms with Gasteiger partial charge in [-0.1, -0.05) is 30.3 Å². The predicted octanol–water partition coefficient (Wildman–Crippen LogP) is 2.26. The second kappa shape index (κ2) is 6.06. The Morgan fingerprint density at radius 2 is 1.70 bits per heavy atom. The molecule has 1 spiro atoms. The summed E-state index contributed by atoms with van der Waals surface area (Å²) in [6.07, 6.45) is 6.81. The summed E-state index contributed by atoms with van der Waals surface area (Å²) in [6, 6.07) is 10.7. The lowest BCUT2D eigenvalue weighted by Crippen LogP contribution is -2.57. The van der Waals surface area contributed by atoms with Gasteiger partial charge in [-0.2, -0.15) is 0 Å². The van der Waals surface area contributed by atoms with Gasteiger partial charge in [-0.05, 0) is 55.9 Å². The number of rotatable bonds is 3. The molecule has 1 unspecified atom stereocenters. The van der Waals surface area contributed by atoms with E-state index < -0.39 is 5.54 Å². The second-order valence-corrected chi connectivity index (χ2v) is 9.31. The summed E-state index contributed by atoms with van der Waals surface area (Å²) in [5.41, 5.74) is 6.84. The molecule has 27 heavy (non-hydrogen) atoms. The minimum absolute atomic E-state index is 0.0351. The van der Waals surface area contributed by atoms with Gasteiger partial charge >= 0.3 is 0 Å². The summed E-state index contributed by atoms with van der Waals surface area (Å²) in [7, 11) is 0. The van der Waals surface area contributed by atoms with Crippen molar-refractivity contribution in [3.8, 4) is 0 Å². The first-order chi connectivity index (χ1) is 13.0. The number of piperidine rings is 2. The molecule has 2 saturated carbocycles. The normalized spacial score (nSPS) is 29.1. The standard InChI is InChI=1S/C22H29N3O2/c23-22(8-9-22)20(27)24-12-10-21(11-13-24)14-18(16-4-2-1-3-5-16)19(26)25(15-21)17-6-7-17/h1-5,17-18H,6-15,23H2. The van der Waals surface area contributed by atoms with Crippen LogP contribution in [0.25, 0.3) is 0 Å². The topological polar surface area (TPSA) is 66.6 Å². The zero-order chi connectivity index (χ0) is 18.6. The van der Waals surface area contributed by atoms with Gasteiger partial charge in [0.2, 0.25) is 11.8 Å². The Bertz CT molecular complexity index is 746. The van der Waals surface area contributed by atoms with E-state index >= 15 is 0 Å². The first-order valence-corrected chi connectivity index (χ1v) is 10.4. The molecule has 5 nitrogen and oxygen atoms in total. The van der Waals surface area contributed by atoms with E-state index in [0.717, 1.165) is 70.1 Å². The highest BCUT2D eigenvalue weighted by atomic mass is 16.2. The lowest BCUT2D eigenvalue weighted by molar-refractivity contribution is -0.145. The van der Waals surface area contributed by atoms with E-state index in [4.69, 9.17) is 5.73 Å². The third kappa shape index (κ3) is 3.06. The smallest absolute Gasteiger partial charge is 0.242 e. The van der Waals surface area contributed by atoms with Gasteiger partial charge in [0.25, 0.3) is 0 Å². The lowest BCUT2D eigenvalue weighted by atomic mass is 9.67. The van der Waals surface area contributed by atoms with Crippen LogP contribution in [-0.4, -0.2) is 52.8 Å². The third-order valence-corrected chi connectivity index (χ3v) is 7.24. The monoisotopic (exact) mass is 367 g/mol. The molecule has 4 aliphatic rings. The number of benzene rings is 1. The number of likely N-dealkylation sites (tertiary alicyclic amines) is 2. The van der Waals surface area contributed by atoms with Crippen LogP contribution < -0.4 is 5.73 Å². The van der Waals surface area contributed by atoms with Crippen molar-refractivity contribution in [3.05, 3.63) is 35.9 Å². The van der Waals surface area contributed by atoms with E-state index in [1.165, 1.54) is 0 Å². The van der Waals surface area contributed by atoms with Gasteiger partial charge in [0.1, 0.15) is 0 Å². The summed E-state index contributed by atoms with van der Waals surface area (Å²) >= 11 is 0. The van der Waals surface area contributed by atoms with Crippen molar-refractivity contribution < 1.29 is 9.59 Å². The maximum absolute atomic E-state index is 13.2. The molecule has 2 aliphatic carbocycles. The molecule has 2 aliphatic heterocycles. The number of nitrogens with two attached hydrogens (primary N) is 1. The van der Waals surface area contributed by atoms with E-state index in [0.29, 0.717) is 11.9 Å². The Hall–Kier alpha value is -1.88. The van der Waals surface area contributed by atoms with Crippen LogP contribution in [0.15, 0.2) is 30.3 Å². The molecule has 144 valence electrons. The maximum atomic E-state index is 13.2. The zero-order valence-electron chi connectivity index (χ0n) is 15.9. The minimum Gasteiger partial charge on any atom is -0.341 e. The van der Waals surface area contributed by atoms with Gasteiger partial charge in [0.05, 0.1) is 11.5 Å². The first kappa shape index (κ1) is 17.2. The van der Waals surface area contributed by atoms with Crippen LogP contribution in [0.4, 0.5) is 0 Å². The summed E-state index contributed by atoms with van der Waals surface area (Å²) in [5.74, 6) is 0.418. The van der Waals surface area contributed by atoms with E-state index in [1.54, 1.807) is 0 Å². The Morgan fingerprint density at radius 1 is 1.04 bits per heavy atom. The number of hydrogen-bond acceptors (Lipinski definition) is 3. The molecule has 0 aromatic heterocycles. The van der Waals surface area contributed by atoms with Crippen molar-refractivity contribution in [3.63, 3.8) is 0 Å². The SMILES string of the molecule is NC1(C(=O)N2CCC3(CC2)CC(c2ccccc2)C(=O)N(C2CC2)C3)CC1. The van der Waals surface area contributed by atoms with Crippen molar-refractivity contribution in [2.24, 2.45) is 11.1 Å². The number of amides is 2. The van der Waals surface area contributed by atoms with Crippen LogP contribution in [-0.2, 0) is 9.59 Å². The number of nitrogens with zero attached hydrogens (tertiary/aromatic N) is 2. The molecule has 1 aromatic rings. The van der Waals surface area contributed by atoms with Crippen LogP contribution in [0.2, 0.25) is 0 Å². The highest BCUT2D eigenvalue weighted by molar-refractivity contribution is 5.89. The highest BCUT2D eigenvalue weighted by Gasteiger charge is 2.52. The van der Waals surface area contributed by atoms with Crippen molar-refractivity contribution in [1.82, 2.24) is 9.80 Å². The van der Waals surface area contributed by atoms with E-state index in [9.17, 15) is 9.59 Å². The molecule has 0 radical (unpaired) electrons. The van der Waals surface area contributed by atoms with Crippen LogP contribution in [0.1, 0.15) is 56.4 Å². The molecule has 2 heterocycles. The minimum atomic E-state index is -0.570. The molecule has 1 aromatic carbocycles.